The molecule has 2 aromatic heterocycles. The average molecular weight is 511 g/mol. The monoisotopic (exact) mass is 510 g/mol. The topological polar surface area (TPSA) is 196 Å². The van der Waals surface area contributed by atoms with Crippen molar-refractivity contribution in [3.8, 4) is 6.07 Å². The van der Waals surface area contributed by atoms with Crippen molar-refractivity contribution in [3.05, 3.63) is 46.9 Å². The van der Waals surface area contributed by atoms with E-state index in [-0.39, 0.29) is 17.5 Å². The van der Waals surface area contributed by atoms with Crippen LogP contribution in [0.25, 0.3) is 11.0 Å². The van der Waals surface area contributed by atoms with Gasteiger partial charge in [-0.1, -0.05) is 12.1 Å². The molecule has 0 aliphatic carbocycles. The molecule has 0 radical (unpaired) electrons. The van der Waals surface area contributed by atoms with E-state index < -0.39 is 38.5 Å². The molecule has 3 heterocycles. The lowest BCUT2D eigenvalue weighted by Crippen LogP contribution is -2.34. The molecule has 1 aliphatic heterocycles. The molecule has 15 heteroatoms. The van der Waals surface area contributed by atoms with Gasteiger partial charge in [-0.25, -0.2) is 4.68 Å². The van der Waals surface area contributed by atoms with Gasteiger partial charge in [0, 0.05) is 6.54 Å². The summed E-state index contributed by atoms with van der Waals surface area (Å²) in [4.78, 5) is 26.2. The van der Waals surface area contributed by atoms with E-state index in [1.807, 2.05) is 6.07 Å². The highest BCUT2D eigenvalue weighted by Crippen LogP contribution is 2.36. The Morgan fingerprint density at radius 1 is 1.29 bits per heavy atom. The third-order valence-corrected chi connectivity index (χ3v) is 5.75. The maximum atomic E-state index is 10.9. The summed E-state index contributed by atoms with van der Waals surface area (Å²) in [5, 5.41) is 37.6. The third-order valence-electron chi connectivity index (χ3n) is 5.06. The maximum Gasteiger partial charge on any atom is 0.350 e. The number of nitrogens with one attached hydrogen (secondary N) is 1. The minimum atomic E-state index is -4.39. The van der Waals surface area contributed by atoms with Crippen LogP contribution in [0.3, 0.4) is 0 Å². The van der Waals surface area contributed by atoms with Crippen molar-refractivity contribution in [1.29, 1.82) is 5.26 Å². The Kier molecular flexibility index (Phi) is 7.13. The largest absolute Gasteiger partial charge is 0.387 e. The number of anilines is 1. The summed E-state index contributed by atoms with van der Waals surface area (Å²) >= 11 is 6.10. The van der Waals surface area contributed by atoms with Crippen molar-refractivity contribution in [3.63, 3.8) is 0 Å². The molecule has 5 N–H and O–H groups in total. The quantitative estimate of drug-likeness (QED) is 0.211. The Labute approximate surface area is 197 Å². The lowest BCUT2D eigenvalue weighted by molar-refractivity contribution is -0.0658. The number of aromatic nitrogens is 4. The van der Waals surface area contributed by atoms with E-state index in [0.29, 0.717) is 23.3 Å². The Hall–Kier alpha value is -2.66. The van der Waals surface area contributed by atoms with E-state index in [1.54, 1.807) is 18.2 Å². The van der Waals surface area contributed by atoms with Crippen LogP contribution >= 0.6 is 19.2 Å². The van der Waals surface area contributed by atoms with Gasteiger partial charge in [0.1, 0.15) is 30.5 Å². The second-order valence-corrected chi connectivity index (χ2v) is 9.47. The zero-order valence-electron chi connectivity index (χ0n) is 17.4. The van der Waals surface area contributed by atoms with E-state index in [4.69, 9.17) is 36.1 Å². The summed E-state index contributed by atoms with van der Waals surface area (Å²) in [5.41, 5.74) is 1.58. The fraction of sp³-hybridized carbons (Fsp3) is 0.368. The first-order valence-electron chi connectivity index (χ1n) is 9.94. The minimum Gasteiger partial charge on any atom is -0.387 e. The molecule has 1 aliphatic rings. The number of ether oxygens (including phenoxy) is 2. The number of nitrogens with zero attached hydrogens (tertiary/aromatic N) is 5. The van der Waals surface area contributed by atoms with Gasteiger partial charge < -0.3 is 34.8 Å². The standard InChI is InChI=1S/C19H20ClN6O7P/c20-19-24-16(22-6-11-3-1-2-10(4-11)5-21)12-7-23-26(17(12)25-19)18-15(28)14(27)13(33-18)8-32-9-34(29,30)31/h1-4,7,13-15,18,27-28H,6,8-9H2,(H,22,24,25)(H2,29,30,31)/t13-,14-,15-,18-/m1/s1. The van der Waals surface area contributed by atoms with Crippen LogP contribution < -0.4 is 5.32 Å². The van der Waals surface area contributed by atoms with Crippen molar-refractivity contribution < 1.29 is 34.0 Å². The maximum absolute atomic E-state index is 10.9. The van der Waals surface area contributed by atoms with Gasteiger partial charge in [-0.05, 0) is 29.3 Å². The Balaban J connectivity index is 1.54. The third kappa shape index (κ3) is 5.35. The van der Waals surface area contributed by atoms with Gasteiger partial charge in [-0.2, -0.15) is 20.3 Å². The first kappa shape index (κ1) is 24.5. The molecule has 0 amide bonds. The molecule has 1 fully saturated rings. The number of aliphatic hydroxyl groups is 2. The first-order chi connectivity index (χ1) is 16.2. The number of fused-ring (bicyclic) bond motifs is 1. The number of hydrogen-bond acceptors (Lipinski definition) is 10. The summed E-state index contributed by atoms with van der Waals surface area (Å²) in [6, 6.07) is 9.11. The minimum absolute atomic E-state index is 0.0999. The smallest absolute Gasteiger partial charge is 0.350 e. The molecule has 1 aromatic carbocycles. The molecule has 0 unspecified atom stereocenters. The van der Waals surface area contributed by atoms with Crippen molar-refractivity contribution in [2.75, 3.05) is 18.3 Å². The van der Waals surface area contributed by atoms with E-state index >= 15 is 0 Å². The van der Waals surface area contributed by atoms with Crippen LogP contribution in [-0.4, -0.2) is 71.0 Å². The average Bonchev–Trinajstić information content (AvgIpc) is 3.32. The van der Waals surface area contributed by atoms with Crippen LogP contribution in [0.1, 0.15) is 17.4 Å². The number of rotatable bonds is 8. The second kappa shape index (κ2) is 9.91. The fourth-order valence-electron chi connectivity index (χ4n) is 3.51. The van der Waals surface area contributed by atoms with Crippen molar-refractivity contribution in [2.24, 2.45) is 0 Å². The fourth-order valence-corrected chi connectivity index (χ4v) is 4.02. The van der Waals surface area contributed by atoms with Crippen LogP contribution in [0.2, 0.25) is 5.28 Å². The van der Waals surface area contributed by atoms with Gasteiger partial charge in [-0.3, -0.25) is 4.57 Å². The van der Waals surface area contributed by atoms with E-state index in [2.05, 4.69) is 26.5 Å². The molecule has 34 heavy (non-hydrogen) atoms. The first-order valence-corrected chi connectivity index (χ1v) is 12.1. The molecule has 1 saturated heterocycles. The second-order valence-electron chi connectivity index (χ2n) is 7.54. The van der Waals surface area contributed by atoms with Crippen LogP contribution in [0.15, 0.2) is 30.5 Å². The number of halogens is 1. The zero-order chi connectivity index (χ0) is 24.5. The van der Waals surface area contributed by atoms with Crippen LogP contribution in [0.4, 0.5) is 5.82 Å². The molecule has 4 rings (SSSR count). The Morgan fingerprint density at radius 3 is 2.82 bits per heavy atom. The molecule has 0 spiro atoms. The van der Waals surface area contributed by atoms with Crippen molar-refractivity contribution in [2.45, 2.75) is 31.1 Å². The predicted molar refractivity (Wildman–Crippen MR) is 118 cm³/mol. The highest BCUT2D eigenvalue weighted by molar-refractivity contribution is 7.51. The van der Waals surface area contributed by atoms with E-state index in [9.17, 15) is 14.8 Å². The van der Waals surface area contributed by atoms with Crippen LogP contribution in [0, 0.1) is 11.3 Å². The zero-order valence-corrected chi connectivity index (χ0v) is 19.0. The van der Waals surface area contributed by atoms with Crippen LogP contribution in [-0.2, 0) is 20.6 Å². The predicted octanol–water partition coefficient (Wildman–Crippen LogP) is 0.734. The normalized spacial score (nSPS) is 22.7. The number of benzene rings is 1. The Morgan fingerprint density at radius 2 is 2.09 bits per heavy atom. The van der Waals surface area contributed by atoms with Crippen molar-refractivity contribution in [1.82, 2.24) is 19.7 Å². The SMILES string of the molecule is N#Cc1cccc(CNc2nc(Cl)nc3c2cnn3[C@@H]2O[C@H](COCP(=O)(O)O)[C@@H](O)[C@H]2O)c1. The summed E-state index contributed by atoms with van der Waals surface area (Å²) in [7, 11) is -4.39. The van der Waals surface area contributed by atoms with Crippen LogP contribution in [0.5, 0.6) is 0 Å². The lowest BCUT2D eigenvalue weighted by Gasteiger charge is -2.16. The number of nitriles is 1. The molecule has 0 saturated carbocycles. The summed E-state index contributed by atoms with van der Waals surface area (Å²) in [6.45, 7) is -0.0211. The molecule has 0 bridgehead atoms. The lowest BCUT2D eigenvalue weighted by atomic mass is 10.1. The Bertz CT molecular complexity index is 1280. The molecule has 180 valence electrons. The van der Waals surface area contributed by atoms with Crippen molar-refractivity contribution >= 4 is 36.0 Å². The molecule has 4 atom stereocenters. The summed E-state index contributed by atoms with van der Waals surface area (Å²) < 4.78 is 22.8. The van der Waals surface area contributed by atoms with E-state index in [0.717, 1.165) is 5.56 Å². The van der Waals surface area contributed by atoms with Gasteiger partial charge >= 0.3 is 7.60 Å². The molecular formula is C19H20ClN6O7P. The van der Waals surface area contributed by atoms with Gasteiger partial charge in [-0.15, -0.1) is 0 Å². The molecule has 3 aromatic rings. The van der Waals surface area contributed by atoms with E-state index in [1.165, 1.54) is 10.9 Å². The summed E-state index contributed by atoms with van der Waals surface area (Å²) in [6.07, 6.45) is -4.45. The van der Waals surface area contributed by atoms with Gasteiger partial charge in [0.15, 0.2) is 11.9 Å². The molecule has 13 nitrogen and oxygen atoms in total. The number of aliphatic hydroxyl groups excluding tert-OH is 2. The molecular weight excluding hydrogens is 491 g/mol. The van der Waals surface area contributed by atoms with Gasteiger partial charge in [0.05, 0.1) is 29.8 Å². The van der Waals surface area contributed by atoms with Gasteiger partial charge in [0.25, 0.3) is 0 Å². The number of hydrogen-bond donors (Lipinski definition) is 5. The summed E-state index contributed by atoms with van der Waals surface area (Å²) in [5.74, 6) is 0.359. The highest BCUT2D eigenvalue weighted by atomic mass is 35.5. The highest BCUT2D eigenvalue weighted by Gasteiger charge is 2.45. The van der Waals surface area contributed by atoms with Gasteiger partial charge in [0.2, 0.25) is 5.28 Å².